The van der Waals surface area contributed by atoms with Crippen LogP contribution in [0.15, 0.2) is 77.7 Å². The van der Waals surface area contributed by atoms with Crippen LogP contribution in [0.1, 0.15) is 47.2 Å². The van der Waals surface area contributed by atoms with Crippen molar-refractivity contribution in [2.24, 2.45) is 0 Å². The first-order chi connectivity index (χ1) is 17.9. The number of hydrogen-bond donors (Lipinski definition) is 0. The average molecular weight is 515 g/mol. The van der Waals surface area contributed by atoms with E-state index in [9.17, 15) is 12.8 Å². The lowest BCUT2D eigenvalue weighted by molar-refractivity contribution is 0.441. The monoisotopic (exact) mass is 514 g/mol. The van der Waals surface area contributed by atoms with Gasteiger partial charge in [-0.25, -0.2) is 12.8 Å². The third-order valence-electron chi connectivity index (χ3n) is 7.91. The van der Waals surface area contributed by atoms with Crippen molar-refractivity contribution in [3.8, 4) is 0 Å². The molecule has 37 heavy (non-hydrogen) atoms. The number of hydrogen-bond acceptors (Lipinski definition) is 2. The molecule has 0 unspecified atom stereocenters. The van der Waals surface area contributed by atoms with E-state index in [-0.39, 0.29) is 5.82 Å². The molecule has 6 heteroatoms. The first kappa shape index (κ1) is 24.1. The molecular weight excluding hydrogens is 483 g/mol. The summed E-state index contributed by atoms with van der Waals surface area (Å²) in [5.41, 5.74) is 7.93. The van der Waals surface area contributed by atoms with Crippen LogP contribution in [0.3, 0.4) is 0 Å². The molecule has 2 aliphatic rings. The summed E-state index contributed by atoms with van der Waals surface area (Å²) in [7, 11) is -3.55. The molecule has 2 heterocycles. The van der Waals surface area contributed by atoms with Gasteiger partial charge in [-0.15, -0.1) is 0 Å². The van der Waals surface area contributed by atoms with E-state index in [0.717, 1.165) is 47.0 Å². The maximum atomic E-state index is 13.8. The molecule has 0 bridgehead atoms. The van der Waals surface area contributed by atoms with Gasteiger partial charge in [-0.05, 0) is 91.6 Å². The van der Waals surface area contributed by atoms with Crippen molar-refractivity contribution in [2.45, 2.75) is 50.5 Å². The van der Waals surface area contributed by atoms with E-state index in [1.807, 2.05) is 30.3 Å². The maximum absolute atomic E-state index is 13.8. The fourth-order valence-corrected chi connectivity index (χ4v) is 7.40. The average Bonchev–Trinajstić information content (AvgIpc) is 3.19. The van der Waals surface area contributed by atoms with Gasteiger partial charge in [0.2, 0.25) is 10.0 Å². The Bertz CT molecular complexity index is 1630. The van der Waals surface area contributed by atoms with Crippen molar-refractivity contribution in [3.63, 3.8) is 0 Å². The second kappa shape index (κ2) is 9.58. The fraction of sp³-hybridized carbons (Fsp3) is 0.290. The van der Waals surface area contributed by atoms with E-state index in [0.29, 0.717) is 31.0 Å². The standard InChI is InChI=1S/C31H31FN2O2S/c1-22-31(29-11-4-5-12-30(29)34(22)21-23-7-6-10-27(32)19-23)25-15-17-33(18-16-25)37(35,36)28-14-13-24-8-2-3-9-26(24)20-28/h4-7,10-15,19-20H,2-3,8-9,16-18,21H2,1H3. The summed E-state index contributed by atoms with van der Waals surface area (Å²) in [6.45, 7) is 3.49. The van der Waals surface area contributed by atoms with Gasteiger partial charge in [0, 0.05) is 41.8 Å². The first-order valence-corrected chi connectivity index (χ1v) is 14.5. The summed E-state index contributed by atoms with van der Waals surface area (Å²) in [5.74, 6) is -0.234. The summed E-state index contributed by atoms with van der Waals surface area (Å²) in [5, 5.41) is 1.15. The minimum atomic E-state index is -3.55. The smallest absolute Gasteiger partial charge is 0.243 e. The number of rotatable bonds is 5. The third kappa shape index (κ3) is 4.42. The molecule has 0 saturated carbocycles. The number of halogens is 1. The molecule has 0 radical (unpaired) electrons. The minimum Gasteiger partial charge on any atom is -0.340 e. The van der Waals surface area contributed by atoms with Crippen LogP contribution < -0.4 is 0 Å². The molecule has 4 nitrogen and oxygen atoms in total. The minimum absolute atomic E-state index is 0.234. The lowest BCUT2D eigenvalue weighted by atomic mass is 9.92. The van der Waals surface area contributed by atoms with Gasteiger partial charge in [-0.3, -0.25) is 0 Å². The summed E-state index contributed by atoms with van der Waals surface area (Å²) >= 11 is 0. The van der Waals surface area contributed by atoms with Gasteiger partial charge >= 0.3 is 0 Å². The Labute approximate surface area is 218 Å². The quantitative estimate of drug-likeness (QED) is 0.305. The van der Waals surface area contributed by atoms with Crippen molar-refractivity contribution in [3.05, 3.63) is 107 Å². The lowest BCUT2D eigenvalue weighted by Gasteiger charge is -2.27. The van der Waals surface area contributed by atoms with E-state index < -0.39 is 10.0 Å². The van der Waals surface area contributed by atoms with Gasteiger partial charge in [0.05, 0.1) is 4.90 Å². The highest BCUT2D eigenvalue weighted by atomic mass is 32.2. The Kier molecular flexibility index (Phi) is 6.25. The molecule has 6 rings (SSSR count). The van der Waals surface area contributed by atoms with Gasteiger partial charge in [0.1, 0.15) is 5.82 Å². The van der Waals surface area contributed by atoms with Crippen molar-refractivity contribution in [2.75, 3.05) is 13.1 Å². The lowest BCUT2D eigenvalue weighted by Crippen LogP contribution is -2.34. The number of nitrogens with zero attached hydrogens (tertiary/aromatic N) is 2. The Morgan fingerprint density at radius 2 is 1.70 bits per heavy atom. The molecule has 1 aliphatic carbocycles. The highest BCUT2D eigenvalue weighted by molar-refractivity contribution is 7.89. The van der Waals surface area contributed by atoms with Crippen LogP contribution >= 0.6 is 0 Å². The van der Waals surface area contributed by atoms with Crippen LogP contribution in [0.5, 0.6) is 0 Å². The van der Waals surface area contributed by atoms with Crippen molar-refractivity contribution in [1.82, 2.24) is 8.87 Å². The normalized spacial score (nSPS) is 16.5. The summed E-state index contributed by atoms with van der Waals surface area (Å²) in [4.78, 5) is 0.410. The van der Waals surface area contributed by atoms with Gasteiger partial charge in [0.15, 0.2) is 0 Å². The molecule has 0 amide bonds. The number of para-hydroxylation sites is 1. The number of sulfonamides is 1. The molecule has 0 saturated heterocycles. The first-order valence-electron chi connectivity index (χ1n) is 13.1. The molecule has 1 aliphatic heterocycles. The Balaban J connectivity index is 1.31. The summed E-state index contributed by atoms with van der Waals surface area (Å²) < 4.78 is 44.7. The van der Waals surface area contributed by atoms with Crippen LogP contribution in [0.4, 0.5) is 4.39 Å². The van der Waals surface area contributed by atoms with Crippen LogP contribution in [0, 0.1) is 12.7 Å². The third-order valence-corrected chi connectivity index (χ3v) is 9.77. The summed E-state index contributed by atoms with van der Waals surface area (Å²) in [6, 6.07) is 20.7. The Hall–Kier alpha value is -3.22. The largest absolute Gasteiger partial charge is 0.340 e. The number of benzene rings is 3. The zero-order valence-electron chi connectivity index (χ0n) is 21.1. The topological polar surface area (TPSA) is 42.3 Å². The molecular formula is C31H31FN2O2S. The van der Waals surface area contributed by atoms with E-state index >= 15 is 0 Å². The van der Waals surface area contributed by atoms with Crippen LogP contribution in [-0.4, -0.2) is 30.4 Å². The molecule has 0 N–H and O–H groups in total. The molecule has 0 spiro atoms. The number of aromatic nitrogens is 1. The highest BCUT2D eigenvalue weighted by Gasteiger charge is 2.29. The second-order valence-electron chi connectivity index (χ2n) is 10.2. The summed E-state index contributed by atoms with van der Waals surface area (Å²) in [6.07, 6.45) is 7.02. The van der Waals surface area contributed by atoms with Crippen LogP contribution in [-0.2, 0) is 29.4 Å². The molecule has 1 aromatic heterocycles. The number of fused-ring (bicyclic) bond motifs is 2. The predicted molar refractivity (Wildman–Crippen MR) is 147 cm³/mol. The Morgan fingerprint density at radius 1 is 0.892 bits per heavy atom. The van der Waals surface area contributed by atoms with E-state index in [2.05, 4.69) is 29.7 Å². The van der Waals surface area contributed by atoms with Gasteiger partial charge in [-0.1, -0.05) is 42.5 Å². The van der Waals surface area contributed by atoms with E-state index in [1.165, 1.54) is 29.2 Å². The Morgan fingerprint density at radius 3 is 2.49 bits per heavy atom. The zero-order valence-corrected chi connectivity index (χ0v) is 21.9. The SMILES string of the molecule is Cc1c(C2=CCN(S(=O)(=O)c3ccc4c(c3)CCCC4)CC2)c2ccccc2n1Cc1cccc(F)c1. The van der Waals surface area contributed by atoms with Gasteiger partial charge < -0.3 is 4.57 Å². The van der Waals surface area contributed by atoms with Gasteiger partial charge in [0.25, 0.3) is 0 Å². The van der Waals surface area contributed by atoms with E-state index in [1.54, 1.807) is 22.5 Å². The zero-order chi connectivity index (χ0) is 25.6. The van der Waals surface area contributed by atoms with Crippen molar-refractivity contribution < 1.29 is 12.8 Å². The fourth-order valence-electron chi connectivity index (χ4n) is 5.97. The van der Waals surface area contributed by atoms with Crippen molar-refractivity contribution in [1.29, 1.82) is 0 Å². The molecule has 190 valence electrons. The van der Waals surface area contributed by atoms with Crippen LogP contribution in [0.2, 0.25) is 0 Å². The second-order valence-corrected chi connectivity index (χ2v) is 12.1. The predicted octanol–water partition coefficient (Wildman–Crippen LogP) is 6.49. The molecule has 4 aromatic rings. The van der Waals surface area contributed by atoms with Crippen molar-refractivity contribution >= 4 is 26.5 Å². The number of aryl methyl sites for hydroxylation is 2. The van der Waals surface area contributed by atoms with E-state index in [4.69, 9.17) is 0 Å². The molecule has 3 aromatic carbocycles. The van der Waals surface area contributed by atoms with Crippen LogP contribution in [0.25, 0.3) is 16.5 Å². The molecule has 0 atom stereocenters. The molecule has 0 fully saturated rings. The van der Waals surface area contributed by atoms with Gasteiger partial charge in [-0.2, -0.15) is 4.31 Å². The highest BCUT2D eigenvalue weighted by Crippen LogP contribution is 2.36. The maximum Gasteiger partial charge on any atom is 0.243 e.